The summed E-state index contributed by atoms with van der Waals surface area (Å²) >= 11 is 0. The number of nitrogens with one attached hydrogen (secondary N) is 1. The first-order valence-corrected chi connectivity index (χ1v) is 6.03. The zero-order valence-corrected chi connectivity index (χ0v) is 10.7. The minimum Gasteiger partial charge on any atom is -0.444 e. The highest BCUT2D eigenvalue weighted by atomic mass is 16.6. The fourth-order valence-corrected chi connectivity index (χ4v) is 2.61. The lowest BCUT2D eigenvalue weighted by Gasteiger charge is -2.39. The van der Waals surface area contributed by atoms with Crippen LogP contribution < -0.4 is 5.32 Å². The highest BCUT2D eigenvalue weighted by Gasteiger charge is 2.43. The summed E-state index contributed by atoms with van der Waals surface area (Å²) in [7, 11) is 0. The quantitative estimate of drug-likeness (QED) is 0.684. The van der Waals surface area contributed by atoms with Crippen molar-refractivity contribution in [1.29, 1.82) is 0 Å². The molecule has 1 N–H and O–H groups in total. The maximum absolute atomic E-state index is 12.0. The lowest BCUT2D eigenvalue weighted by Crippen LogP contribution is -2.59. The van der Waals surface area contributed by atoms with Gasteiger partial charge < -0.3 is 15.0 Å². The normalized spacial score (nSPS) is 34.0. The standard InChI is InChI=1S/C12H22N2O2/c1-11(2,3)16-10(15)14-7-9-5-6-12(4,8-14)13-9/h9,13H,5-8H2,1-4H3. The average Bonchev–Trinajstić information content (AvgIpc) is 2.37. The van der Waals surface area contributed by atoms with Crippen LogP contribution >= 0.6 is 0 Å². The number of rotatable bonds is 0. The number of amides is 1. The molecule has 0 radical (unpaired) electrons. The molecular weight excluding hydrogens is 204 g/mol. The predicted molar refractivity (Wildman–Crippen MR) is 62.4 cm³/mol. The summed E-state index contributed by atoms with van der Waals surface area (Å²) in [6, 6.07) is 0.450. The van der Waals surface area contributed by atoms with Crippen molar-refractivity contribution in [3.8, 4) is 0 Å². The Labute approximate surface area is 97.3 Å². The summed E-state index contributed by atoms with van der Waals surface area (Å²) in [6.07, 6.45) is 2.14. The Morgan fingerprint density at radius 1 is 1.50 bits per heavy atom. The van der Waals surface area contributed by atoms with Gasteiger partial charge in [0.2, 0.25) is 0 Å². The molecule has 0 aliphatic carbocycles. The molecule has 2 aliphatic heterocycles. The predicted octanol–water partition coefficient (Wildman–Crippen LogP) is 1.75. The van der Waals surface area contributed by atoms with E-state index in [1.807, 2.05) is 25.7 Å². The van der Waals surface area contributed by atoms with Gasteiger partial charge in [0.05, 0.1) is 0 Å². The van der Waals surface area contributed by atoms with E-state index in [2.05, 4.69) is 12.2 Å². The zero-order chi connectivity index (χ0) is 12.0. The second-order valence-electron chi connectivity index (χ2n) is 6.30. The number of ether oxygens (including phenoxy) is 1. The molecule has 0 spiro atoms. The Hall–Kier alpha value is -0.770. The molecule has 4 heteroatoms. The Kier molecular flexibility index (Phi) is 2.65. The lowest BCUT2D eigenvalue weighted by atomic mass is 10.0. The van der Waals surface area contributed by atoms with Gasteiger partial charge in [-0.05, 0) is 40.5 Å². The topological polar surface area (TPSA) is 41.6 Å². The van der Waals surface area contributed by atoms with Crippen molar-refractivity contribution >= 4 is 6.09 Å². The Balaban J connectivity index is 1.99. The van der Waals surface area contributed by atoms with Gasteiger partial charge in [-0.15, -0.1) is 0 Å². The SMILES string of the molecule is CC12CCC(CN(C(=O)OC(C)(C)C)C1)N2. The van der Waals surface area contributed by atoms with E-state index in [9.17, 15) is 4.79 Å². The van der Waals surface area contributed by atoms with E-state index in [1.54, 1.807) is 0 Å². The highest BCUT2D eigenvalue weighted by Crippen LogP contribution is 2.29. The van der Waals surface area contributed by atoms with Crippen LogP contribution in [0, 0.1) is 0 Å². The van der Waals surface area contributed by atoms with Crippen molar-refractivity contribution in [1.82, 2.24) is 10.2 Å². The number of hydrogen-bond acceptors (Lipinski definition) is 3. The summed E-state index contributed by atoms with van der Waals surface area (Å²) in [5.41, 5.74) is -0.304. The third-order valence-corrected chi connectivity index (χ3v) is 3.23. The molecule has 2 fully saturated rings. The monoisotopic (exact) mass is 226 g/mol. The van der Waals surface area contributed by atoms with E-state index < -0.39 is 5.60 Å². The molecule has 0 saturated carbocycles. The van der Waals surface area contributed by atoms with Gasteiger partial charge in [0, 0.05) is 24.7 Å². The molecule has 2 saturated heterocycles. The Morgan fingerprint density at radius 2 is 2.19 bits per heavy atom. The van der Waals surface area contributed by atoms with Crippen molar-refractivity contribution in [3.05, 3.63) is 0 Å². The van der Waals surface area contributed by atoms with Crippen molar-refractivity contribution in [2.75, 3.05) is 13.1 Å². The summed E-state index contributed by atoms with van der Waals surface area (Å²) in [6.45, 7) is 9.45. The first-order valence-electron chi connectivity index (χ1n) is 6.03. The number of nitrogens with zero attached hydrogens (tertiary/aromatic N) is 1. The minimum absolute atomic E-state index is 0.0970. The van der Waals surface area contributed by atoms with Crippen LogP contribution in [0.3, 0.4) is 0 Å². The molecule has 0 aromatic heterocycles. The number of carbonyl (C=O) groups is 1. The number of fused-ring (bicyclic) bond motifs is 2. The molecule has 16 heavy (non-hydrogen) atoms. The first kappa shape index (κ1) is 11.7. The maximum Gasteiger partial charge on any atom is 0.410 e. The van der Waals surface area contributed by atoms with E-state index >= 15 is 0 Å². The van der Waals surface area contributed by atoms with Crippen LogP contribution in [0.1, 0.15) is 40.5 Å². The number of carbonyl (C=O) groups excluding carboxylic acids is 1. The zero-order valence-electron chi connectivity index (χ0n) is 10.7. The molecule has 0 aromatic rings. The van der Waals surface area contributed by atoms with Crippen LogP contribution in [0.25, 0.3) is 0 Å². The van der Waals surface area contributed by atoms with Crippen molar-refractivity contribution in [2.45, 2.75) is 57.7 Å². The average molecular weight is 226 g/mol. The van der Waals surface area contributed by atoms with Gasteiger partial charge in [-0.3, -0.25) is 0 Å². The molecule has 2 atom stereocenters. The largest absolute Gasteiger partial charge is 0.444 e. The Bertz CT molecular complexity index is 298. The lowest BCUT2D eigenvalue weighted by molar-refractivity contribution is 0.0139. The molecule has 2 bridgehead atoms. The molecule has 2 aliphatic rings. The van der Waals surface area contributed by atoms with Crippen LogP contribution in [0.5, 0.6) is 0 Å². The Morgan fingerprint density at radius 3 is 2.75 bits per heavy atom. The third-order valence-electron chi connectivity index (χ3n) is 3.23. The minimum atomic E-state index is -0.401. The van der Waals surface area contributed by atoms with Crippen molar-refractivity contribution < 1.29 is 9.53 Å². The van der Waals surface area contributed by atoms with Crippen LogP contribution in [-0.2, 0) is 4.74 Å². The van der Waals surface area contributed by atoms with E-state index in [1.165, 1.54) is 0 Å². The van der Waals surface area contributed by atoms with Crippen LogP contribution in [0.4, 0.5) is 4.79 Å². The molecule has 92 valence electrons. The van der Waals surface area contributed by atoms with Gasteiger partial charge in [-0.1, -0.05) is 0 Å². The van der Waals surface area contributed by atoms with Crippen LogP contribution in [0.2, 0.25) is 0 Å². The summed E-state index contributed by atoms with van der Waals surface area (Å²) in [5.74, 6) is 0. The van der Waals surface area contributed by atoms with E-state index in [0.29, 0.717) is 6.04 Å². The second-order valence-corrected chi connectivity index (χ2v) is 6.30. The van der Waals surface area contributed by atoms with Crippen molar-refractivity contribution in [2.24, 2.45) is 0 Å². The molecule has 2 heterocycles. The second kappa shape index (κ2) is 3.62. The molecule has 1 amide bonds. The first-order chi connectivity index (χ1) is 7.27. The third kappa shape index (κ3) is 2.48. The summed E-state index contributed by atoms with van der Waals surface area (Å²) in [5, 5.41) is 3.56. The molecule has 2 rings (SSSR count). The number of likely N-dealkylation sites (tertiary alicyclic amines) is 1. The highest BCUT2D eigenvalue weighted by molar-refractivity contribution is 5.68. The van der Waals surface area contributed by atoms with E-state index in [4.69, 9.17) is 4.74 Å². The van der Waals surface area contributed by atoms with E-state index in [-0.39, 0.29) is 11.6 Å². The fourth-order valence-electron chi connectivity index (χ4n) is 2.61. The van der Waals surface area contributed by atoms with Gasteiger partial charge in [0.1, 0.15) is 5.60 Å². The van der Waals surface area contributed by atoms with Gasteiger partial charge in [0.25, 0.3) is 0 Å². The molecular formula is C12H22N2O2. The number of hydrogen-bond donors (Lipinski definition) is 1. The fraction of sp³-hybridized carbons (Fsp3) is 0.917. The summed E-state index contributed by atoms with van der Waals surface area (Å²) in [4.78, 5) is 13.8. The van der Waals surface area contributed by atoms with Gasteiger partial charge in [-0.25, -0.2) is 4.79 Å². The maximum atomic E-state index is 12.0. The van der Waals surface area contributed by atoms with E-state index in [0.717, 1.165) is 25.9 Å². The van der Waals surface area contributed by atoms with Gasteiger partial charge >= 0.3 is 6.09 Å². The van der Waals surface area contributed by atoms with Crippen LogP contribution in [-0.4, -0.2) is 41.3 Å². The van der Waals surface area contributed by atoms with Crippen LogP contribution in [0.15, 0.2) is 0 Å². The number of piperazine rings is 1. The smallest absolute Gasteiger partial charge is 0.410 e. The van der Waals surface area contributed by atoms with Gasteiger partial charge in [0.15, 0.2) is 0 Å². The van der Waals surface area contributed by atoms with Gasteiger partial charge in [-0.2, -0.15) is 0 Å². The molecule has 4 nitrogen and oxygen atoms in total. The summed E-state index contributed by atoms with van der Waals surface area (Å²) < 4.78 is 5.41. The van der Waals surface area contributed by atoms with Crippen molar-refractivity contribution in [3.63, 3.8) is 0 Å². The molecule has 2 unspecified atom stereocenters. The molecule has 0 aromatic carbocycles.